The van der Waals surface area contributed by atoms with E-state index in [4.69, 9.17) is 5.73 Å². The van der Waals surface area contributed by atoms with E-state index in [0.29, 0.717) is 5.92 Å². The Morgan fingerprint density at radius 1 is 1.25 bits per heavy atom. The fourth-order valence-corrected chi connectivity index (χ4v) is 1.50. The average Bonchev–Trinajstić information content (AvgIpc) is 2.02. The molecule has 0 unspecified atom stereocenters. The molecule has 0 aromatic heterocycles. The molecule has 0 amide bonds. The third-order valence-corrected chi connectivity index (χ3v) is 2.64. The predicted octanol–water partition coefficient (Wildman–Crippen LogP) is 1.91. The lowest BCUT2D eigenvalue weighted by molar-refractivity contribution is 0.000555. The monoisotopic (exact) mass is 173 g/mol. The molecule has 1 atom stereocenters. The van der Waals surface area contributed by atoms with Gasteiger partial charge in [0.15, 0.2) is 0 Å². The average molecular weight is 173 g/mol. The first-order valence-electron chi connectivity index (χ1n) is 4.94. The van der Waals surface area contributed by atoms with Crippen LogP contribution >= 0.6 is 0 Å². The molecular weight excluding hydrogens is 150 g/mol. The lowest BCUT2D eigenvalue weighted by atomic mass is 9.84. The third kappa shape index (κ3) is 3.11. The van der Waals surface area contributed by atoms with Crippen LogP contribution in [0.15, 0.2) is 0 Å². The van der Waals surface area contributed by atoms with E-state index >= 15 is 0 Å². The Morgan fingerprint density at radius 2 is 1.67 bits per heavy atom. The van der Waals surface area contributed by atoms with Gasteiger partial charge in [0.1, 0.15) is 0 Å². The van der Waals surface area contributed by atoms with Gasteiger partial charge in [-0.25, -0.2) is 0 Å². The van der Waals surface area contributed by atoms with Crippen molar-refractivity contribution in [1.29, 1.82) is 0 Å². The molecule has 0 saturated carbocycles. The van der Waals surface area contributed by atoms with Crippen molar-refractivity contribution in [2.45, 2.75) is 58.6 Å². The zero-order valence-electron chi connectivity index (χ0n) is 8.80. The fraction of sp³-hybridized carbons (Fsp3) is 1.00. The zero-order chi connectivity index (χ0) is 9.78. The van der Waals surface area contributed by atoms with Crippen LogP contribution in [0.1, 0.15) is 47.0 Å². The summed E-state index contributed by atoms with van der Waals surface area (Å²) >= 11 is 0. The van der Waals surface area contributed by atoms with Gasteiger partial charge in [-0.2, -0.15) is 0 Å². The molecule has 0 aromatic rings. The Kier molecular flexibility index (Phi) is 4.80. The molecule has 2 nitrogen and oxygen atoms in total. The van der Waals surface area contributed by atoms with Crippen molar-refractivity contribution in [3.8, 4) is 0 Å². The molecule has 0 fully saturated rings. The van der Waals surface area contributed by atoms with E-state index in [1.165, 1.54) is 0 Å². The molecule has 0 aliphatic rings. The van der Waals surface area contributed by atoms with E-state index in [2.05, 4.69) is 13.8 Å². The number of hydrogen-bond acceptors (Lipinski definition) is 2. The molecule has 3 N–H and O–H groups in total. The molecule has 0 spiro atoms. The van der Waals surface area contributed by atoms with Crippen molar-refractivity contribution in [2.75, 3.05) is 0 Å². The maximum atomic E-state index is 10.0. The van der Waals surface area contributed by atoms with Crippen molar-refractivity contribution in [3.05, 3.63) is 0 Å². The smallest absolute Gasteiger partial charge is 0.0792 e. The lowest BCUT2D eigenvalue weighted by Gasteiger charge is -2.33. The molecular formula is C10H23NO. The second-order valence-corrected chi connectivity index (χ2v) is 4.05. The van der Waals surface area contributed by atoms with Crippen molar-refractivity contribution in [3.63, 3.8) is 0 Å². The first-order valence-corrected chi connectivity index (χ1v) is 4.94. The van der Waals surface area contributed by atoms with Crippen molar-refractivity contribution in [1.82, 2.24) is 0 Å². The van der Waals surface area contributed by atoms with Gasteiger partial charge in [0, 0.05) is 6.04 Å². The van der Waals surface area contributed by atoms with Crippen molar-refractivity contribution in [2.24, 2.45) is 11.7 Å². The van der Waals surface area contributed by atoms with E-state index < -0.39 is 5.60 Å². The molecule has 0 heterocycles. The summed E-state index contributed by atoms with van der Waals surface area (Å²) in [6.45, 7) is 8.24. The molecule has 0 saturated heterocycles. The van der Waals surface area contributed by atoms with Crippen LogP contribution < -0.4 is 5.73 Å². The summed E-state index contributed by atoms with van der Waals surface area (Å²) < 4.78 is 0. The van der Waals surface area contributed by atoms with Crippen LogP contribution in [0.5, 0.6) is 0 Å². The molecule has 74 valence electrons. The molecule has 0 rings (SSSR count). The van der Waals surface area contributed by atoms with Gasteiger partial charge in [0.05, 0.1) is 5.60 Å². The Hall–Kier alpha value is -0.0800. The maximum Gasteiger partial charge on any atom is 0.0792 e. The number of aliphatic hydroxyl groups is 1. The largest absolute Gasteiger partial charge is 0.388 e. The summed E-state index contributed by atoms with van der Waals surface area (Å²) in [6.07, 6.45) is 2.40. The van der Waals surface area contributed by atoms with Gasteiger partial charge in [-0.15, -0.1) is 0 Å². The van der Waals surface area contributed by atoms with Gasteiger partial charge in [-0.3, -0.25) is 0 Å². The summed E-state index contributed by atoms with van der Waals surface area (Å²) in [4.78, 5) is 0. The van der Waals surface area contributed by atoms with E-state index in [9.17, 15) is 5.11 Å². The quantitative estimate of drug-likeness (QED) is 0.667. The predicted molar refractivity (Wildman–Crippen MR) is 53.0 cm³/mol. The summed E-state index contributed by atoms with van der Waals surface area (Å²) in [5, 5.41) is 10.0. The summed E-state index contributed by atoms with van der Waals surface area (Å²) in [6, 6.07) is -0.0764. The van der Waals surface area contributed by atoms with Gasteiger partial charge in [0.2, 0.25) is 0 Å². The van der Waals surface area contributed by atoms with Gasteiger partial charge in [-0.05, 0) is 25.2 Å². The van der Waals surface area contributed by atoms with Crippen molar-refractivity contribution >= 4 is 0 Å². The van der Waals surface area contributed by atoms with E-state index in [1.54, 1.807) is 0 Å². The number of nitrogens with two attached hydrogens (primary N) is 1. The van der Waals surface area contributed by atoms with E-state index in [0.717, 1.165) is 19.3 Å². The summed E-state index contributed by atoms with van der Waals surface area (Å²) in [7, 11) is 0. The van der Waals surface area contributed by atoms with Crippen LogP contribution in [0.25, 0.3) is 0 Å². The minimum atomic E-state index is -0.649. The van der Waals surface area contributed by atoms with Gasteiger partial charge in [-0.1, -0.05) is 27.7 Å². The van der Waals surface area contributed by atoms with Crippen LogP contribution in [0.2, 0.25) is 0 Å². The van der Waals surface area contributed by atoms with Crippen LogP contribution in [-0.2, 0) is 0 Å². The number of hydrogen-bond donors (Lipinski definition) is 2. The number of rotatable bonds is 5. The summed E-state index contributed by atoms with van der Waals surface area (Å²) in [5.74, 6) is 0.560. The molecule has 0 aliphatic carbocycles. The lowest BCUT2D eigenvalue weighted by Crippen LogP contribution is -2.47. The Morgan fingerprint density at radius 3 is 1.92 bits per heavy atom. The highest BCUT2D eigenvalue weighted by Crippen LogP contribution is 2.22. The minimum absolute atomic E-state index is 0.0764. The SMILES string of the molecule is CCC(O)(CC)[C@H](N)CC(C)C. The van der Waals surface area contributed by atoms with Crippen LogP contribution in [0, 0.1) is 5.92 Å². The first kappa shape index (κ1) is 11.9. The second kappa shape index (κ2) is 4.83. The van der Waals surface area contributed by atoms with Crippen LogP contribution in [0.4, 0.5) is 0 Å². The zero-order valence-corrected chi connectivity index (χ0v) is 8.80. The molecule has 0 aliphatic heterocycles. The normalized spacial score (nSPS) is 15.2. The van der Waals surface area contributed by atoms with Gasteiger partial charge < -0.3 is 10.8 Å². The molecule has 12 heavy (non-hydrogen) atoms. The third-order valence-electron chi connectivity index (χ3n) is 2.64. The van der Waals surface area contributed by atoms with E-state index in [-0.39, 0.29) is 6.04 Å². The molecule has 0 radical (unpaired) electrons. The van der Waals surface area contributed by atoms with Crippen LogP contribution in [-0.4, -0.2) is 16.7 Å². The standard InChI is InChI=1S/C10H23NO/c1-5-10(12,6-2)9(11)7-8(3)4/h8-9,12H,5-7,11H2,1-4H3/t9-/m1/s1. The van der Waals surface area contributed by atoms with Crippen molar-refractivity contribution < 1.29 is 5.11 Å². The minimum Gasteiger partial charge on any atom is -0.388 e. The molecule has 0 bridgehead atoms. The van der Waals surface area contributed by atoms with E-state index in [1.807, 2.05) is 13.8 Å². The van der Waals surface area contributed by atoms with Crippen LogP contribution in [0.3, 0.4) is 0 Å². The topological polar surface area (TPSA) is 46.2 Å². The highest BCUT2D eigenvalue weighted by atomic mass is 16.3. The Bertz CT molecular complexity index is 119. The first-order chi connectivity index (χ1) is 5.46. The Balaban J connectivity index is 4.11. The second-order valence-electron chi connectivity index (χ2n) is 4.05. The molecule has 2 heteroatoms. The van der Waals surface area contributed by atoms with Gasteiger partial charge in [0.25, 0.3) is 0 Å². The molecule has 0 aromatic carbocycles. The maximum absolute atomic E-state index is 10.0. The van der Waals surface area contributed by atoms with Gasteiger partial charge >= 0.3 is 0 Å². The Labute approximate surface area is 76.2 Å². The fourth-order valence-electron chi connectivity index (χ4n) is 1.50. The highest BCUT2D eigenvalue weighted by molar-refractivity contribution is 4.87. The highest BCUT2D eigenvalue weighted by Gasteiger charge is 2.30. The summed E-state index contributed by atoms with van der Waals surface area (Å²) in [5.41, 5.74) is 5.28.